The number of halogens is 4. The van der Waals surface area contributed by atoms with Crippen LogP contribution in [0.4, 0.5) is 13.2 Å². The van der Waals surface area contributed by atoms with Crippen LogP contribution >= 0.6 is 19.4 Å². The lowest BCUT2D eigenvalue weighted by Gasteiger charge is -2.24. The fourth-order valence-electron chi connectivity index (χ4n) is 2.39. The summed E-state index contributed by atoms with van der Waals surface area (Å²) < 4.78 is 59.0. The summed E-state index contributed by atoms with van der Waals surface area (Å²) in [6.07, 6.45) is -3.76. The number of phosphoric acid groups is 1. The molecule has 0 spiro atoms. The topological polar surface area (TPSA) is 102 Å². The van der Waals surface area contributed by atoms with Crippen LogP contribution in [0.1, 0.15) is 24.5 Å². The Hall–Kier alpha value is -1.61. The molecule has 0 saturated carbocycles. The van der Waals surface area contributed by atoms with Crippen LogP contribution < -0.4 is 10.5 Å². The molecule has 29 heavy (non-hydrogen) atoms. The van der Waals surface area contributed by atoms with Gasteiger partial charge in [-0.3, -0.25) is 4.52 Å². The zero-order valence-corrected chi connectivity index (χ0v) is 17.0. The standard InChI is InChI=1S/C18H20ClF3NO5P/c1-17(23,11-27-29(24,25)26)8-7-12-5-6-15(10-16(12)19)28-14-4-2-3-13(9-14)18(20,21)22/h2-6,9-10H,7-8,11,23H2,1H3,(H2,24,25,26). The van der Waals surface area contributed by atoms with Crippen molar-refractivity contribution in [3.8, 4) is 11.5 Å². The molecular weight excluding hydrogens is 434 g/mol. The number of hydrogen-bond acceptors (Lipinski definition) is 4. The van der Waals surface area contributed by atoms with E-state index in [1.807, 2.05) is 0 Å². The van der Waals surface area contributed by atoms with Crippen LogP contribution in [-0.4, -0.2) is 21.9 Å². The van der Waals surface area contributed by atoms with Crippen molar-refractivity contribution in [3.63, 3.8) is 0 Å². The predicted molar refractivity (Wildman–Crippen MR) is 102 cm³/mol. The van der Waals surface area contributed by atoms with E-state index in [-0.39, 0.29) is 18.1 Å². The zero-order chi connectivity index (χ0) is 21.9. The molecule has 0 aromatic heterocycles. The van der Waals surface area contributed by atoms with E-state index >= 15 is 0 Å². The Labute approximate surface area is 170 Å². The second-order valence-electron chi connectivity index (χ2n) is 6.80. The third kappa shape index (κ3) is 7.97. The van der Waals surface area contributed by atoms with Gasteiger partial charge in [-0.1, -0.05) is 23.7 Å². The van der Waals surface area contributed by atoms with Crippen molar-refractivity contribution in [1.82, 2.24) is 0 Å². The van der Waals surface area contributed by atoms with E-state index in [0.717, 1.165) is 12.1 Å². The van der Waals surface area contributed by atoms with E-state index in [2.05, 4.69) is 4.52 Å². The molecule has 0 radical (unpaired) electrons. The van der Waals surface area contributed by atoms with Crippen LogP contribution in [0.25, 0.3) is 0 Å². The maximum absolute atomic E-state index is 12.8. The lowest BCUT2D eigenvalue weighted by molar-refractivity contribution is -0.137. The van der Waals surface area contributed by atoms with Gasteiger partial charge in [0.25, 0.3) is 0 Å². The molecule has 0 heterocycles. The molecule has 0 bridgehead atoms. The highest BCUT2D eigenvalue weighted by Crippen LogP contribution is 2.37. The summed E-state index contributed by atoms with van der Waals surface area (Å²) in [5.74, 6) is 0.283. The van der Waals surface area contributed by atoms with Gasteiger partial charge in [-0.05, 0) is 55.7 Å². The first-order valence-electron chi connectivity index (χ1n) is 8.38. The lowest BCUT2D eigenvalue weighted by atomic mass is 9.95. The molecular formula is C18H20ClF3NO5P. The molecule has 0 aliphatic heterocycles. The monoisotopic (exact) mass is 453 g/mol. The maximum atomic E-state index is 12.8. The number of ether oxygens (including phenoxy) is 1. The van der Waals surface area contributed by atoms with Crippen LogP contribution in [0.2, 0.25) is 5.02 Å². The van der Waals surface area contributed by atoms with Crippen LogP contribution in [0.3, 0.4) is 0 Å². The third-order valence-electron chi connectivity index (χ3n) is 3.95. The summed E-state index contributed by atoms with van der Waals surface area (Å²) in [6.45, 7) is 1.24. The summed E-state index contributed by atoms with van der Waals surface area (Å²) in [6, 6.07) is 9.16. The molecule has 0 aliphatic carbocycles. The average molecular weight is 454 g/mol. The van der Waals surface area contributed by atoms with Gasteiger partial charge in [-0.25, -0.2) is 4.57 Å². The summed E-state index contributed by atoms with van der Waals surface area (Å²) in [7, 11) is -4.61. The molecule has 1 atom stereocenters. The number of alkyl halides is 3. The fraction of sp³-hybridized carbons (Fsp3) is 0.333. The largest absolute Gasteiger partial charge is 0.469 e. The number of aryl methyl sites for hydroxylation is 1. The summed E-state index contributed by atoms with van der Waals surface area (Å²) in [5, 5.41) is 0.321. The minimum absolute atomic E-state index is 0.0211. The Morgan fingerprint density at radius 2 is 1.79 bits per heavy atom. The molecule has 2 aromatic carbocycles. The summed E-state index contributed by atoms with van der Waals surface area (Å²) >= 11 is 6.22. The third-order valence-corrected chi connectivity index (χ3v) is 4.77. The van der Waals surface area contributed by atoms with Crippen LogP contribution in [0.15, 0.2) is 42.5 Å². The van der Waals surface area contributed by atoms with Crippen LogP contribution in [0.5, 0.6) is 11.5 Å². The summed E-state index contributed by atoms with van der Waals surface area (Å²) in [4.78, 5) is 17.5. The van der Waals surface area contributed by atoms with E-state index in [9.17, 15) is 17.7 Å². The number of rotatable bonds is 8. The number of nitrogens with two attached hydrogens (primary N) is 1. The molecule has 0 amide bonds. The number of hydrogen-bond donors (Lipinski definition) is 3. The minimum Gasteiger partial charge on any atom is -0.457 e. The first-order valence-corrected chi connectivity index (χ1v) is 10.3. The second kappa shape index (κ2) is 9.04. The van der Waals surface area contributed by atoms with E-state index < -0.39 is 25.1 Å². The molecule has 2 rings (SSSR count). The quantitative estimate of drug-likeness (QED) is 0.491. The Balaban J connectivity index is 2.03. The molecule has 0 aliphatic rings. The number of benzene rings is 2. The Morgan fingerprint density at radius 1 is 1.14 bits per heavy atom. The van der Waals surface area contributed by atoms with Gasteiger partial charge < -0.3 is 20.3 Å². The second-order valence-corrected chi connectivity index (χ2v) is 8.45. The van der Waals surface area contributed by atoms with Crippen molar-refractivity contribution in [2.24, 2.45) is 5.73 Å². The number of phosphoric ester groups is 1. The molecule has 160 valence electrons. The fourth-order valence-corrected chi connectivity index (χ4v) is 3.12. The van der Waals surface area contributed by atoms with Crippen LogP contribution in [-0.2, 0) is 21.7 Å². The highest BCUT2D eigenvalue weighted by molar-refractivity contribution is 7.46. The van der Waals surface area contributed by atoms with Crippen molar-refractivity contribution in [1.29, 1.82) is 0 Å². The molecule has 2 aromatic rings. The Bertz CT molecular complexity index is 901. The maximum Gasteiger partial charge on any atom is 0.469 e. The molecule has 0 saturated heterocycles. The van der Waals surface area contributed by atoms with Gasteiger partial charge in [0.1, 0.15) is 11.5 Å². The highest BCUT2D eigenvalue weighted by atomic mass is 35.5. The van der Waals surface area contributed by atoms with Crippen molar-refractivity contribution in [3.05, 3.63) is 58.6 Å². The molecule has 0 fully saturated rings. The van der Waals surface area contributed by atoms with Gasteiger partial charge in [-0.15, -0.1) is 0 Å². The van der Waals surface area contributed by atoms with E-state index in [4.69, 9.17) is 31.9 Å². The average Bonchev–Trinajstić information content (AvgIpc) is 2.58. The van der Waals surface area contributed by atoms with Crippen LogP contribution in [0, 0.1) is 0 Å². The first-order chi connectivity index (χ1) is 13.3. The first kappa shape index (κ1) is 23.7. The van der Waals surface area contributed by atoms with Gasteiger partial charge in [0.15, 0.2) is 0 Å². The molecule has 6 nitrogen and oxygen atoms in total. The zero-order valence-electron chi connectivity index (χ0n) is 15.3. The highest BCUT2D eigenvalue weighted by Gasteiger charge is 2.30. The van der Waals surface area contributed by atoms with Gasteiger partial charge in [0.2, 0.25) is 0 Å². The molecule has 11 heteroatoms. The van der Waals surface area contributed by atoms with E-state index in [1.54, 1.807) is 19.1 Å². The van der Waals surface area contributed by atoms with Crippen molar-refractivity contribution >= 4 is 19.4 Å². The van der Waals surface area contributed by atoms with Gasteiger partial charge in [0, 0.05) is 10.6 Å². The van der Waals surface area contributed by atoms with Crippen molar-refractivity contribution < 1.29 is 36.8 Å². The SMILES string of the molecule is CC(N)(CCc1ccc(Oc2cccc(C(F)(F)F)c2)cc1Cl)COP(=O)(O)O. The van der Waals surface area contributed by atoms with E-state index in [1.165, 1.54) is 18.2 Å². The lowest BCUT2D eigenvalue weighted by Crippen LogP contribution is -2.41. The van der Waals surface area contributed by atoms with Crippen molar-refractivity contribution in [2.75, 3.05) is 6.61 Å². The minimum atomic E-state index is -4.61. The van der Waals surface area contributed by atoms with Gasteiger partial charge in [-0.2, -0.15) is 13.2 Å². The smallest absolute Gasteiger partial charge is 0.457 e. The predicted octanol–water partition coefficient (Wildman–Crippen LogP) is 4.91. The Kier molecular flexibility index (Phi) is 7.37. The van der Waals surface area contributed by atoms with Gasteiger partial charge >= 0.3 is 14.0 Å². The molecule has 1 unspecified atom stereocenters. The normalized spacial score (nSPS) is 14.5. The van der Waals surface area contributed by atoms with Crippen molar-refractivity contribution in [2.45, 2.75) is 31.5 Å². The Morgan fingerprint density at radius 3 is 2.38 bits per heavy atom. The summed E-state index contributed by atoms with van der Waals surface area (Å²) in [5.41, 5.74) is 4.84. The molecule has 4 N–H and O–H groups in total. The van der Waals surface area contributed by atoms with E-state index in [0.29, 0.717) is 23.4 Å². The van der Waals surface area contributed by atoms with Gasteiger partial charge in [0.05, 0.1) is 12.2 Å².